The summed E-state index contributed by atoms with van der Waals surface area (Å²) in [6.07, 6.45) is 4.34. The number of aryl methyl sites for hydroxylation is 1. The molecule has 1 aliphatic rings. The van der Waals surface area contributed by atoms with Crippen molar-refractivity contribution < 1.29 is 19.0 Å². The third-order valence-electron chi connectivity index (χ3n) is 4.01. The molecule has 0 aliphatic carbocycles. The third-order valence-corrected chi connectivity index (χ3v) is 4.14. The summed E-state index contributed by atoms with van der Waals surface area (Å²) in [6, 6.07) is 5.85. The van der Waals surface area contributed by atoms with Gasteiger partial charge in [-0.1, -0.05) is 6.07 Å². The number of benzene rings is 1. The number of hydrogen-bond acceptors (Lipinski definition) is 4. The topological polar surface area (TPSA) is 56.8 Å². The number of halogens is 1. The van der Waals surface area contributed by atoms with Gasteiger partial charge < -0.3 is 19.5 Å². The molecule has 2 rings (SSSR count). The smallest absolute Gasteiger partial charge is 0.313 e. The number of carbonyl (C=O) groups excluding carboxylic acids is 1. The van der Waals surface area contributed by atoms with Crippen LogP contribution in [0.5, 0.6) is 11.5 Å². The van der Waals surface area contributed by atoms with Gasteiger partial charge in [-0.15, -0.1) is 0 Å². The van der Waals surface area contributed by atoms with Gasteiger partial charge in [-0.2, -0.15) is 0 Å². The number of ether oxygens (including phenoxy) is 3. The quantitative estimate of drug-likeness (QED) is 0.608. The van der Waals surface area contributed by atoms with Crippen LogP contribution in [0.1, 0.15) is 25.3 Å². The molecule has 1 aromatic carbocycles. The van der Waals surface area contributed by atoms with E-state index in [0.717, 1.165) is 30.6 Å². The number of carbonyl (C=O) groups is 1. The molecule has 1 atom stereocenters. The summed E-state index contributed by atoms with van der Waals surface area (Å²) in [6.45, 7) is 2.30. The average Bonchev–Trinajstić information content (AvgIpc) is 2.92. The van der Waals surface area contributed by atoms with Crippen molar-refractivity contribution in [3.8, 4) is 11.5 Å². The van der Waals surface area contributed by atoms with Gasteiger partial charge in [0.25, 0.3) is 0 Å². The van der Waals surface area contributed by atoms with Crippen LogP contribution in [0, 0.1) is 0 Å². The number of methoxy groups -OCH3 is 2. The Labute approximate surface area is 141 Å². The maximum Gasteiger partial charge on any atom is 0.313 e. The van der Waals surface area contributed by atoms with E-state index in [-0.39, 0.29) is 0 Å². The zero-order valence-electron chi connectivity index (χ0n) is 13.6. The van der Waals surface area contributed by atoms with Gasteiger partial charge in [-0.3, -0.25) is 4.79 Å². The highest BCUT2D eigenvalue weighted by molar-refractivity contribution is 6.62. The molecule has 1 amide bonds. The molecule has 6 heteroatoms. The van der Waals surface area contributed by atoms with E-state index in [9.17, 15) is 4.79 Å². The largest absolute Gasteiger partial charge is 0.493 e. The lowest BCUT2D eigenvalue weighted by Crippen LogP contribution is -2.41. The molecule has 126 valence electrons. The van der Waals surface area contributed by atoms with E-state index in [1.165, 1.54) is 0 Å². The molecular weight excluding hydrogens is 318 g/mol. The van der Waals surface area contributed by atoms with Gasteiger partial charge in [-0.05, 0) is 55.1 Å². The van der Waals surface area contributed by atoms with Gasteiger partial charge in [0.05, 0.1) is 26.5 Å². The highest BCUT2D eigenvalue weighted by Crippen LogP contribution is 2.34. The molecule has 5 nitrogen and oxygen atoms in total. The minimum absolute atomic E-state index is 0.385. The highest BCUT2D eigenvalue weighted by Gasteiger charge is 2.35. The molecule has 0 aromatic heterocycles. The van der Waals surface area contributed by atoms with Gasteiger partial charge in [0.15, 0.2) is 11.5 Å². The Balaban J connectivity index is 2.05. The Morgan fingerprint density at radius 2 is 2.09 bits per heavy atom. The maximum atomic E-state index is 11.0. The molecule has 23 heavy (non-hydrogen) atoms. The van der Waals surface area contributed by atoms with Crippen LogP contribution in [0.3, 0.4) is 0 Å². The first kappa shape index (κ1) is 17.5. The number of amides is 1. The molecule has 0 bridgehead atoms. The minimum atomic E-state index is -0.566. The molecule has 1 heterocycles. The second kappa shape index (κ2) is 7.59. The van der Waals surface area contributed by atoms with E-state index in [0.29, 0.717) is 18.0 Å². The average molecular weight is 340 g/mol. The predicted octanol–water partition coefficient (Wildman–Crippen LogP) is 3.65. The van der Waals surface area contributed by atoms with Crippen LogP contribution in [0.4, 0.5) is 4.79 Å². The molecule has 0 saturated carbocycles. The molecule has 0 fully saturated rings. The Morgan fingerprint density at radius 1 is 1.35 bits per heavy atom. The second-order valence-electron chi connectivity index (χ2n) is 5.62. The first-order valence-electron chi connectivity index (χ1n) is 7.48. The second-order valence-corrected chi connectivity index (χ2v) is 5.96. The summed E-state index contributed by atoms with van der Waals surface area (Å²) in [5.74, 6) is 2.28. The van der Waals surface area contributed by atoms with E-state index in [1.807, 2.05) is 31.2 Å². The zero-order valence-corrected chi connectivity index (χ0v) is 14.4. The Hall–Kier alpha value is -1.88. The SMILES string of the molecule is COc1ccc(CCC2(CNC(=O)Cl)CC=C(C)O2)cc1OC. The predicted molar refractivity (Wildman–Crippen MR) is 89.3 cm³/mol. The monoisotopic (exact) mass is 339 g/mol. The molecule has 1 unspecified atom stereocenters. The van der Waals surface area contributed by atoms with Gasteiger partial charge in [-0.25, -0.2) is 0 Å². The summed E-state index contributed by atoms with van der Waals surface area (Å²) < 4.78 is 16.5. The normalized spacial score (nSPS) is 19.7. The zero-order chi connectivity index (χ0) is 16.9. The van der Waals surface area contributed by atoms with Crippen molar-refractivity contribution in [2.24, 2.45) is 0 Å². The third kappa shape index (κ3) is 4.55. The first-order valence-corrected chi connectivity index (χ1v) is 7.86. The van der Waals surface area contributed by atoms with Crippen molar-refractivity contribution >= 4 is 17.0 Å². The summed E-state index contributed by atoms with van der Waals surface area (Å²) in [4.78, 5) is 11.0. The van der Waals surface area contributed by atoms with Gasteiger partial charge in [0.1, 0.15) is 5.60 Å². The van der Waals surface area contributed by atoms with Gasteiger partial charge >= 0.3 is 5.37 Å². The Bertz CT molecular complexity index is 602. The Morgan fingerprint density at radius 3 is 2.65 bits per heavy atom. The van der Waals surface area contributed by atoms with Crippen LogP contribution in [-0.2, 0) is 11.2 Å². The fourth-order valence-corrected chi connectivity index (χ4v) is 2.81. The minimum Gasteiger partial charge on any atom is -0.493 e. The molecule has 0 spiro atoms. The number of nitrogens with one attached hydrogen (secondary N) is 1. The van der Waals surface area contributed by atoms with Crippen LogP contribution in [-0.4, -0.2) is 31.7 Å². The van der Waals surface area contributed by atoms with E-state index in [4.69, 9.17) is 25.8 Å². The van der Waals surface area contributed by atoms with Crippen molar-refractivity contribution in [2.75, 3.05) is 20.8 Å². The number of allylic oxidation sites excluding steroid dienone is 1. The van der Waals surface area contributed by atoms with Crippen LogP contribution in [0.2, 0.25) is 0 Å². The van der Waals surface area contributed by atoms with E-state index >= 15 is 0 Å². The molecule has 1 aromatic rings. The standard InChI is InChI=1S/C17H22ClNO4/c1-12-6-8-17(23-12,11-19-16(18)20)9-7-13-4-5-14(21-2)15(10-13)22-3/h4-6,10H,7-9,11H2,1-3H3,(H,19,20). The molecule has 1 aliphatic heterocycles. The lowest BCUT2D eigenvalue weighted by atomic mass is 9.92. The highest BCUT2D eigenvalue weighted by atomic mass is 35.5. The lowest BCUT2D eigenvalue weighted by Gasteiger charge is -2.30. The van der Waals surface area contributed by atoms with E-state index < -0.39 is 11.0 Å². The van der Waals surface area contributed by atoms with E-state index in [1.54, 1.807) is 14.2 Å². The van der Waals surface area contributed by atoms with Crippen LogP contribution in [0.25, 0.3) is 0 Å². The van der Waals surface area contributed by atoms with Crippen molar-refractivity contribution in [1.29, 1.82) is 0 Å². The van der Waals surface area contributed by atoms with Crippen LogP contribution >= 0.6 is 11.6 Å². The molecule has 0 radical (unpaired) electrons. The fraction of sp³-hybridized carbons (Fsp3) is 0.471. The fourth-order valence-electron chi connectivity index (χ4n) is 2.74. The maximum absolute atomic E-state index is 11.0. The van der Waals surface area contributed by atoms with Gasteiger partial charge in [0, 0.05) is 6.42 Å². The van der Waals surface area contributed by atoms with Crippen molar-refractivity contribution in [3.05, 3.63) is 35.6 Å². The molecular formula is C17H22ClNO4. The lowest BCUT2D eigenvalue weighted by molar-refractivity contribution is 0.0225. The van der Waals surface area contributed by atoms with Gasteiger partial charge in [0.2, 0.25) is 0 Å². The summed E-state index contributed by atoms with van der Waals surface area (Å²) >= 11 is 5.39. The molecule has 0 saturated heterocycles. The molecule has 1 N–H and O–H groups in total. The number of rotatable bonds is 7. The van der Waals surface area contributed by atoms with Crippen LogP contribution < -0.4 is 14.8 Å². The summed E-state index contributed by atoms with van der Waals surface area (Å²) in [5, 5.41) is 2.08. The summed E-state index contributed by atoms with van der Waals surface area (Å²) in [5.41, 5.74) is 0.675. The van der Waals surface area contributed by atoms with E-state index in [2.05, 4.69) is 5.32 Å². The van der Waals surface area contributed by atoms with Crippen molar-refractivity contribution in [1.82, 2.24) is 5.32 Å². The van der Waals surface area contributed by atoms with Crippen molar-refractivity contribution in [3.63, 3.8) is 0 Å². The van der Waals surface area contributed by atoms with Crippen molar-refractivity contribution in [2.45, 2.75) is 31.8 Å². The Kier molecular flexibility index (Phi) is 5.77. The summed E-state index contributed by atoms with van der Waals surface area (Å²) in [7, 11) is 3.23. The van der Waals surface area contributed by atoms with Crippen LogP contribution in [0.15, 0.2) is 30.0 Å². The number of hydrogen-bond donors (Lipinski definition) is 1. The first-order chi connectivity index (χ1) is 11.0.